The van der Waals surface area contributed by atoms with Gasteiger partial charge in [-0.3, -0.25) is 9.69 Å². The van der Waals surface area contributed by atoms with E-state index in [1.807, 2.05) is 9.80 Å². The molecule has 0 bridgehead atoms. The molecule has 0 spiro atoms. The first-order chi connectivity index (χ1) is 11.6. The summed E-state index contributed by atoms with van der Waals surface area (Å²) in [6.07, 6.45) is 3.66. The summed E-state index contributed by atoms with van der Waals surface area (Å²) in [6, 6.07) is 3.15. The maximum atomic E-state index is 12.3. The number of likely N-dealkylation sites (tertiary alicyclic amines) is 1. The van der Waals surface area contributed by atoms with Gasteiger partial charge in [0.1, 0.15) is 11.6 Å². The lowest BCUT2D eigenvalue weighted by Crippen LogP contribution is -2.51. The average Bonchev–Trinajstić information content (AvgIpc) is 3.08. The van der Waals surface area contributed by atoms with E-state index in [0.29, 0.717) is 38.5 Å². The van der Waals surface area contributed by atoms with E-state index in [0.717, 1.165) is 13.1 Å². The smallest absolute Gasteiger partial charge is 0.387 e. The zero-order valence-corrected chi connectivity index (χ0v) is 13.5. The number of rotatable bonds is 5. The molecule has 0 atom stereocenters. The number of carbonyl (C=O) groups is 1. The Labute approximate surface area is 140 Å². The Hall–Kier alpha value is -1.96. The molecular weight excluding hydrogens is 318 g/mol. The maximum Gasteiger partial charge on any atom is 0.387 e. The highest BCUT2D eigenvalue weighted by atomic mass is 19.3. The first-order valence-electron chi connectivity index (χ1n) is 8.28. The van der Waals surface area contributed by atoms with Crippen molar-refractivity contribution in [1.82, 2.24) is 14.8 Å². The van der Waals surface area contributed by atoms with Gasteiger partial charge < -0.3 is 14.5 Å². The number of piperazine rings is 1. The molecule has 3 rings (SSSR count). The summed E-state index contributed by atoms with van der Waals surface area (Å²) in [4.78, 5) is 22.6. The molecule has 0 unspecified atom stereocenters. The largest absolute Gasteiger partial charge is 0.433 e. The van der Waals surface area contributed by atoms with Crippen molar-refractivity contribution in [3.63, 3.8) is 0 Å². The molecular formula is C16H22F2N4O2. The molecule has 0 N–H and O–H groups in total. The molecule has 24 heavy (non-hydrogen) atoms. The maximum absolute atomic E-state index is 12.3. The Morgan fingerprint density at radius 1 is 1.12 bits per heavy atom. The number of alkyl halides is 2. The molecule has 0 aromatic carbocycles. The highest BCUT2D eigenvalue weighted by molar-refractivity contribution is 5.78. The van der Waals surface area contributed by atoms with Gasteiger partial charge in [0, 0.05) is 26.2 Å². The van der Waals surface area contributed by atoms with Crippen LogP contribution in [0.25, 0.3) is 0 Å². The van der Waals surface area contributed by atoms with E-state index in [4.69, 9.17) is 0 Å². The van der Waals surface area contributed by atoms with Crippen LogP contribution in [0.2, 0.25) is 0 Å². The van der Waals surface area contributed by atoms with E-state index in [9.17, 15) is 13.6 Å². The molecule has 1 aromatic rings. The third kappa shape index (κ3) is 4.31. The van der Waals surface area contributed by atoms with Crippen LogP contribution < -0.4 is 9.64 Å². The summed E-state index contributed by atoms with van der Waals surface area (Å²) in [7, 11) is 0. The second-order valence-electron chi connectivity index (χ2n) is 6.08. The summed E-state index contributed by atoms with van der Waals surface area (Å²) in [5.74, 6) is 0.946. The highest BCUT2D eigenvalue weighted by Crippen LogP contribution is 2.19. The Balaban J connectivity index is 1.48. The SMILES string of the molecule is O=C(CN1CCCC1)N1CCN(c2ccc(OC(F)F)cn2)CC1. The predicted molar refractivity (Wildman–Crippen MR) is 85.3 cm³/mol. The van der Waals surface area contributed by atoms with Gasteiger partial charge in [0.2, 0.25) is 5.91 Å². The Morgan fingerprint density at radius 3 is 2.42 bits per heavy atom. The molecule has 0 aliphatic carbocycles. The normalized spacial score (nSPS) is 19.1. The lowest BCUT2D eigenvalue weighted by molar-refractivity contribution is -0.132. The van der Waals surface area contributed by atoms with Crippen LogP contribution in [-0.2, 0) is 4.79 Å². The van der Waals surface area contributed by atoms with Gasteiger partial charge in [-0.1, -0.05) is 0 Å². The fourth-order valence-corrected chi connectivity index (χ4v) is 3.15. The van der Waals surface area contributed by atoms with Gasteiger partial charge in [0.25, 0.3) is 0 Å². The van der Waals surface area contributed by atoms with Gasteiger partial charge in [0.15, 0.2) is 0 Å². The lowest BCUT2D eigenvalue weighted by Gasteiger charge is -2.36. The Kier molecular flexibility index (Phi) is 5.44. The number of aromatic nitrogens is 1. The minimum Gasteiger partial charge on any atom is -0.433 e. The molecule has 1 amide bonds. The molecule has 132 valence electrons. The van der Waals surface area contributed by atoms with Crippen LogP contribution in [0.5, 0.6) is 5.75 Å². The molecule has 0 radical (unpaired) electrons. The fourth-order valence-electron chi connectivity index (χ4n) is 3.15. The number of hydrogen-bond donors (Lipinski definition) is 0. The first kappa shape index (κ1) is 16.9. The van der Waals surface area contributed by atoms with E-state index in [1.54, 1.807) is 6.07 Å². The summed E-state index contributed by atoms with van der Waals surface area (Å²) in [5, 5.41) is 0. The minimum atomic E-state index is -2.84. The number of hydrogen-bond acceptors (Lipinski definition) is 5. The van der Waals surface area contributed by atoms with Crippen molar-refractivity contribution in [2.75, 3.05) is 50.7 Å². The van der Waals surface area contributed by atoms with Crippen LogP contribution in [0.4, 0.5) is 14.6 Å². The van der Waals surface area contributed by atoms with Crippen molar-refractivity contribution in [3.8, 4) is 5.75 Å². The summed E-state index contributed by atoms with van der Waals surface area (Å²) < 4.78 is 28.6. The van der Waals surface area contributed by atoms with Gasteiger partial charge in [-0.25, -0.2) is 4.98 Å². The third-order valence-electron chi connectivity index (χ3n) is 4.46. The number of nitrogens with zero attached hydrogens (tertiary/aromatic N) is 4. The monoisotopic (exact) mass is 340 g/mol. The van der Waals surface area contributed by atoms with Crippen LogP contribution in [0, 0.1) is 0 Å². The second-order valence-corrected chi connectivity index (χ2v) is 6.08. The molecule has 0 saturated carbocycles. The van der Waals surface area contributed by atoms with Crippen LogP contribution in [0.1, 0.15) is 12.8 Å². The van der Waals surface area contributed by atoms with Crippen LogP contribution in [-0.4, -0.2) is 73.1 Å². The number of halogens is 2. The lowest BCUT2D eigenvalue weighted by atomic mass is 10.3. The topological polar surface area (TPSA) is 48.9 Å². The first-order valence-corrected chi connectivity index (χ1v) is 8.28. The van der Waals surface area contributed by atoms with E-state index in [-0.39, 0.29) is 11.7 Å². The summed E-state index contributed by atoms with van der Waals surface area (Å²) >= 11 is 0. The second kappa shape index (κ2) is 7.74. The fraction of sp³-hybridized carbons (Fsp3) is 0.625. The zero-order chi connectivity index (χ0) is 16.9. The van der Waals surface area contributed by atoms with E-state index in [2.05, 4.69) is 14.6 Å². The molecule has 2 saturated heterocycles. The van der Waals surface area contributed by atoms with E-state index in [1.165, 1.54) is 25.1 Å². The van der Waals surface area contributed by atoms with Crippen LogP contribution in [0.3, 0.4) is 0 Å². The van der Waals surface area contributed by atoms with Crippen molar-refractivity contribution in [1.29, 1.82) is 0 Å². The molecule has 6 nitrogen and oxygen atoms in total. The molecule has 2 aliphatic heterocycles. The summed E-state index contributed by atoms with van der Waals surface area (Å²) in [6.45, 7) is 2.39. The van der Waals surface area contributed by atoms with Crippen LogP contribution >= 0.6 is 0 Å². The Bertz CT molecular complexity index is 542. The van der Waals surface area contributed by atoms with Gasteiger partial charge >= 0.3 is 6.61 Å². The van der Waals surface area contributed by atoms with Crippen molar-refractivity contribution in [3.05, 3.63) is 18.3 Å². The number of carbonyl (C=O) groups excluding carboxylic acids is 1. The van der Waals surface area contributed by atoms with E-state index < -0.39 is 6.61 Å². The zero-order valence-electron chi connectivity index (χ0n) is 13.5. The number of anilines is 1. The Morgan fingerprint density at radius 2 is 1.83 bits per heavy atom. The third-order valence-corrected chi connectivity index (χ3v) is 4.46. The average molecular weight is 340 g/mol. The predicted octanol–water partition coefficient (Wildman–Crippen LogP) is 1.43. The summed E-state index contributed by atoms with van der Waals surface area (Å²) in [5.41, 5.74) is 0. The molecule has 2 aliphatic rings. The molecule has 3 heterocycles. The van der Waals surface area contributed by atoms with Crippen molar-refractivity contribution in [2.45, 2.75) is 19.5 Å². The minimum absolute atomic E-state index is 0.0492. The number of ether oxygens (including phenoxy) is 1. The van der Waals surface area contributed by atoms with Gasteiger partial charge in [-0.2, -0.15) is 8.78 Å². The van der Waals surface area contributed by atoms with Crippen molar-refractivity contribution < 1.29 is 18.3 Å². The van der Waals surface area contributed by atoms with Crippen molar-refractivity contribution >= 4 is 11.7 Å². The highest BCUT2D eigenvalue weighted by Gasteiger charge is 2.24. The van der Waals surface area contributed by atoms with Gasteiger partial charge in [-0.15, -0.1) is 0 Å². The molecule has 2 fully saturated rings. The number of amides is 1. The van der Waals surface area contributed by atoms with Gasteiger partial charge in [-0.05, 0) is 38.1 Å². The molecule has 8 heteroatoms. The standard InChI is InChI=1S/C16H22F2N4O2/c17-16(18)24-13-3-4-14(19-11-13)21-7-9-22(10-8-21)15(23)12-20-5-1-2-6-20/h3-4,11,16H,1-2,5-10,12H2. The van der Waals surface area contributed by atoms with Gasteiger partial charge in [0.05, 0.1) is 12.7 Å². The van der Waals surface area contributed by atoms with Crippen LogP contribution in [0.15, 0.2) is 18.3 Å². The molecule has 1 aromatic heterocycles. The quantitative estimate of drug-likeness (QED) is 0.812. The van der Waals surface area contributed by atoms with E-state index >= 15 is 0 Å². The van der Waals surface area contributed by atoms with Crippen molar-refractivity contribution in [2.24, 2.45) is 0 Å². The number of pyridine rings is 1.